The summed E-state index contributed by atoms with van der Waals surface area (Å²) in [5.41, 5.74) is -2.10. The topological polar surface area (TPSA) is 26.3 Å². The molecule has 0 saturated heterocycles. The maximum Gasteiger partial charge on any atom is 0.256 e. The van der Waals surface area contributed by atoms with E-state index in [1.807, 2.05) is 0 Å². The monoisotopic (exact) mass is 226 g/mol. The van der Waals surface area contributed by atoms with Crippen LogP contribution in [0.15, 0.2) is 4.79 Å². The first-order valence-corrected chi connectivity index (χ1v) is 3.51. The molecule has 0 aliphatic heterocycles. The molecular weight excluding hydrogens is 223 g/mol. The average molecular weight is 226 g/mol. The Bertz CT molecular complexity index is 472. The Hall–Kier alpha value is -1.66. The third-order valence-corrected chi connectivity index (χ3v) is 1.58. The Kier molecular flexibility index (Phi) is 2.92. The maximum atomic E-state index is 12.9. The van der Waals surface area contributed by atoms with Gasteiger partial charge in [-0.2, -0.15) is 13.2 Å². The number of hydrogen-bond acceptors (Lipinski definition) is 2. The minimum Gasteiger partial charge on any atom is -0.491 e. The van der Waals surface area contributed by atoms with Crippen molar-refractivity contribution in [1.82, 2.24) is 0 Å². The molecule has 82 valence electrons. The molecule has 0 atom stereocenters. The van der Waals surface area contributed by atoms with Gasteiger partial charge in [0.25, 0.3) is 5.43 Å². The summed E-state index contributed by atoms with van der Waals surface area (Å²) >= 11 is 0. The van der Waals surface area contributed by atoms with Crippen LogP contribution in [0.1, 0.15) is 0 Å². The predicted molar refractivity (Wildman–Crippen MR) is 39.1 cm³/mol. The van der Waals surface area contributed by atoms with Crippen molar-refractivity contribution in [2.45, 2.75) is 0 Å². The van der Waals surface area contributed by atoms with Crippen molar-refractivity contribution in [3.8, 4) is 5.75 Å². The highest BCUT2D eigenvalue weighted by atomic mass is 19.2. The minimum absolute atomic E-state index is 0.718. The van der Waals surface area contributed by atoms with Crippen LogP contribution in [0, 0.1) is 29.1 Å². The lowest BCUT2D eigenvalue weighted by Crippen LogP contribution is -2.10. The first-order chi connectivity index (χ1) is 6.91. The molecule has 0 saturated carbocycles. The van der Waals surface area contributed by atoms with Gasteiger partial charge in [0.15, 0.2) is 5.75 Å². The van der Waals surface area contributed by atoms with Gasteiger partial charge in [-0.25, -0.2) is 8.78 Å². The second kappa shape index (κ2) is 3.84. The van der Waals surface area contributed by atoms with Crippen LogP contribution in [0.3, 0.4) is 0 Å². The van der Waals surface area contributed by atoms with Gasteiger partial charge in [-0.15, -0.1) is 0 Å². The van der Waals surface area contributed by atoms with Crippen LogP contribution in [0.4, 0.5) is 22.0 Å². The lowest BCUT2D eigenvalue weighted by molar-refractivity contribution is 0.345. The summed E-state index contributed by atoms with van der Waals surface area (Å²) in [5.74, 6) is -12.7. The van der Waals surface area contributed by atoms with Crippen LogP contribution in [0.5, 0.6) is 5.75 Å². The fourth-order valence-electron chi connectivity index (χ4n) is 0.867. The van der Waals surface area contributed by atoms with Gasteiger partial charge in [0, 0.05) is 0 Å². The van der Waals surface area contributed by atoms with Crippen molar-refractivity contribution in [3.05, 3.63) is 39.3 Å². The fourth-order valence-corrected chi connectivity index (χ4v) is 0.867. The van der Waals surface area contributed by atoms with Gasteiger partial charge in [-0.3, -0.25) is 4.79 Å². The zero-order chi connectivity index (χ0) is 11.7. The highest BCUT2D eigenvalue weighted by Crippen LogP contribution is 2.22. The smallest absolute Gasteiger partial charge is 0.256 e. The van der Waals surface area contributed by atoms with E-state index in [2.05, 4.69) is 4.74 Å². The van der Waals surface area contributed by atoms with Crippen molar-refractivity contribution in [3.63, 3.8) is 0 Å². The number of halogens is 5. The summed E-state index contributed by atoms with van der Waals surface area (Å²) in [5, 5.41) is 0. The third-order valence-electron chi connectivity index (χ3n) is 1.58. The molecule has 0 fully saturated rings. The zero-order valence-corrected chi connectivity index (χ0v) is 7.21. The van der Waals surface area contributed by atoms with Crippen LogP contribution < -0.4 is 10.2 Å². The van der Waals surface area contributed by atoms with E-state index in [1.54, 1.807) is 0 Å². The van der Waals surface area contributed by atoms with E-state index in [1.165, 1.54) is 0 Å². The quantitative estimate of drug-likeness (QED) is 0.682. The summed E-state index contributed by atoms with van der Waals surface area (Å²) in [4.78, 5) is 10.7. The van der Waals surface area contributed by atoms with Crippen molar-refractivity contribution >= 4 is 0 Å². The van der Waals surface area contributed by atoms with Gasteiger partial charge in [0.2, 0.25) is 29.1 Å². The highest BCUT2D eigenvalue weighted by molar-refractivity contribution is 5.27. The average Bonchev–Trinajstić information content (AvgIpc) is 2.28. The molecule has 1 aromatic rings. The van der Waals surface area contributed by atoms with Crippen molar-refractivity contribution in [2.75, 3.05) is 7.11 Å². The standard InChI is InChI=1S/C8H3F5O2/c1-15-8-5(12)3(10)2(9)4(11)7(14)6(8)13/h1H3. The van der Waals surface area contributed by atoms with Gasteiger partial charge in [-0.1, -0.05) is 0 Å². The molecule has 0 aromatic heterocycles. The van der Waals surface area contributed by atoms with E-state index < -0.39 is 40.3 Å². The summed E-state index contributed by atoms with van der Waals surface area (Å²) < 4.78 is 67.5. The molecule has 1 rings (SSSR count). The van der Waals surface area contributed by atoms with E-state index in [0.29, 0.717) is 0 Å². The molecule has 0 spiro atoms. The van der Waals surface area contributed by atoms with Crippen molar-refractivity contribution in [1.29, 1.82) is 0 Å². The molecule has 0 N–H and O–H groups in total. The van der Waals surface area contributed by atoms with Crippen molar-refractivity contribution < 1.29 is 26.7 Å². The molecule has 15 heavy (non-hydrogen) atoms. The van der Waals surface area contributed by atoms with Crippen LogP contribution in [0.25, 0.3) is 0 Å². The lowest BCUT2D eigenvalue weighted by atomic mass is 10.4. The summed E-state index contributed by atoms with van der Waals surface area (Å²) in [6.45, 7) is 0. The Morgan fingerprint density at radius 3 is 1.73 bits per heavy atom. The van der Waals surface area contributed by atoms with Crippen molar-refractivity contribution in [2.24, 2.45) is 0 Å². The van der Waals surface area contributed by atoms with Gasteiger partial charge in [0.05, 0.1) is 7.11 Å². The Morgan fingerprint density at radius 1 is 0.800 bits per heavy atom. The SMILES string of the molecule is COc1c(F)c(F)c(F)c(F)c(=O)c1F. The second-order valence-electron chi connectivity index (χ2n) is 2.43. The van der Waals surface area contributed by atoms with E-state index in [4.69, 9.17) is 0 Å². The van der Waals surface area contributed by atoms with Gasteiger partial charge in [-0.05, 0) is 0 Å². The number of ether oxygens (including phenoxy) is 1. The zero-order valence-electron chi connectivity index (χ0n) is 7.21. The Balaban J connectivity index is 3.93. The molecule has 0 radical (unpaired) electrons. The minimum atomic E-state index is -2.39. The molecule has 0 unspecified atom stereocenters. The second-order valence-corrected chi connectivity index (χ2v) is 2.43. The Labute approximate surface area is 79.9 Å². The number of methoxy groups -OCH3 is 1. The van der Waals surface area contributed by atoms with E-state index in [-0.39, 0.29) is 0 Å². The molecule has 0 bridgehead atoms. The molecule has 1 aromatic carbocycles. The van der Waals surface area contributed by atoms with Crippen LogP contribution >= 0.6 is 0 Å². The highest BCUT2D eigenvalue weighted by Gasteiger charge is 2.24. The molecule has 0 aliphatic rings. The molecule has 2 nitrogen and oxygen atoms in total. The normalized spacial score (nSPS) is 10.3. The third kappa shape index (κ3) is 1.64. The van der Waals surface area contributed by atoms with Crippen LogP contribution in [-0.4, -0.2) is 7.11 Å². The molecular formula is C8H3F5O2. The molecule has 7 heteroatoms. The fraction of sp³-hybridized carbons (Fsp3) is 0.125. The predicted octanol–water partition coefficient (Wildman–Crippen LogP) is 1.75. The van der Waals surface area contributed by atoms with Crippen LogP contribution in [-0.2, 0) is 0 Å². The van der Waals surface area contributed by atoms with Gasteiger partial charge < -0.3 is 4.74 Å². The summed E-state index contributed by atoms with van der Waals surface area (Å²) in [6, 6.07) is 0. The summed E-state index contributed by atoms with van der Waals surface area (Å²) in [6.07, 6.45) is 0. The largest absolute Gasteiger partial charge is 0.491 e. The number of hydrogen-bond donors (Lipinski definition) is 0. The molecule has 0 aliphatic carbocycles. The van der Waals surface area contributed by atoms with E-state index in [0.717, 1.165) is 7.11 Å². The Morgan fingerprint density at radius 2 is 1.27 bits per heavy atom. The van der Waals surface area contributed by atoms with Gasteiger partial charge >= 0.3 is 0 Å². The first kappa shape index (κ1) is 11.4. The maximum absolute atomic E-state index is 12.9. The summed E-state index contributed by atoms with van der Waals surface area (Å²) in [7, 11) is 0.718. The molecule has 0 amide bonds. The lowest BCUT2D eigenvalue weighted by Gasteiger charge is -1.97. The van der Waals surface area contributed by atoms with E-state index >= 15 is 0 Å². The number of rotatable bonds is 1. The molecule has 0 heterocycles. The van der Waals surface area contributed by atoms with E-state index in [9.17, 15) is 26.7 Å². The first-order valence-electron chi connectivity index (χ1n) is 3.51. The van der Waals surface area contributed by atoms with Crippen LogP contribution in [0.2, 0.25) is 0 Å². The van der Waals surface area contributed by atoms with Gasteiger partial charge in [0.1, 0.15) is 0 Å².